The SMILES string of the molecule is CC(=O)OC=C(Cl)Cl.O=C(O)O. The Bertz CT molecular complexity index is 180. The van der Waals surface area contributed by atoms with Gasteiger partial charge in [0.15, 0.2) is 0 Å². The molecular weight excluding hydrogens is 211 g/mol. The molecule has 0 saturated carbocycles. The van der Waals surface area contributed by atoms with Gasteiger partial charge in [0, 0.05) is 6.92 Å². The Morgan fingerprint density at radius 3 is 1.75 bits per heavy atom. The van der Waals surface area contributed by atoms with Crippen LogP contribution < -0.4 is 0 Å². The number of esters is 1. The summed E-state index contributed by atoms with van der Waals surface area (Å²) in [5.41, 5.74) is 0. The van der Waals surface area contributed by atoms with Gasteiger partial charge in [-0.05, 0) is 0 Å². The van der Waals surface area contributed by atoms with Crippen LogP contribution in [0.4, 0.5) is 4.79 Å². The van der Waals surface area contributed by atoms with E-state index in [-0.39, 0.29) is 4.49 Å². The molecule has 0 aromatic carbocycles. The fourth-order valence-corrected chi connectivity index (χ4v) is 0.217. The van der Waals surface area contributed by atoms with Crippen LogP contribution in [0.25, 0.3) is 0 Å². The van der Waals surface area contributed by atoms with Crippen molar-refractivity contribution in [2.45, 2.75) is 6.92 Å². The zero-order valence-electron chi connectivity index (χ0n) is 5.95. The van der Waals surface area contributed by atoms with E-state index in [4.69, 9.17) is 38.2 Å². The number of hydrogen-bond donors (Lipinski definition) is 2. The van der Waals surface area contributed by atoms with Crippen LogP contribution in [0, 0.1) is 0 Å². The summed E-state index contributed by atoms with van der Waals surface area (Å²) in [5.74, 6) is -0.441. The molecular formula is C5H6Cl2O5. The molecule has 0 heterocycles. The molecule has 0 aromatic rings. The third kappa shape index (κ3) is 35.7. The van der Waals surface area contributed by atoms with Crippen molar-refractivity contribution in [1.82, 2.24) is 0 Å². The topological polar surface area (TPSA) is 83.8 Å². The molecule has 0 bridgehead atoms. The maximum Gasteiger partial charge on any atom is 0.503 e. The van der Waals surface area contributed by atoms with Crippen molar-refractivity contribution in [3.63, 3.8) is 0 Å². The van der Waals surface area contributed by atoms with Crippen molar-refractivity contribution in [2.75, 3.05) is 0 Å². The normalized spacial score (nSPS) is 7.25. The average Bonchev–Trinajstić information content (AvgIpc) is 1.82. The zero-order chi connectivity index (χ0) is 10.1. The van der Waals surface area contributed by atoms with Crippen molar-refractivity contribution in [3.8, 4) is 0 Å². The van der Waals surface area contributed by atoms with Crippen LogP contribution in [0.5, 0.6) is 0 Å². The number of hydrogen-bond acceptors (Lipinski definition) is 3. The van der Waals surface area contributed by atoms with Crippen LogP contribution in [0.15, 0.2) is 10.8 Å². The molecule has 0 aromatic heterocycles. The van der Waals surface area contributed by atoms with E-state index in [0.29, 0.717) is 0 Å². The smallest absolute Gasteiger partial charge is 0.450 e. The highest BCUT2D eigenvalue weighted by molar-refractivity contribution is 6.55. The monoisotopic (exact) mass is 216 g/mol. The van der Waals surface area contributed by atoms with Crippen molar-refractivity contribution in [3.05, 3.63) is 10.8 Å². The second-order valence-electron chi connectivity index (χ2n) is 1.30. The quantitative estimate of drug-likeness (QED) is 0.518. The Labute approximate surface area is 78.1 Å². The van der Waals surface area contributed by atoms with Crippen LogP contribution in [0.2, 0.25) is 0 Å². The number of ether oxygens (including phenoxy) is 1. The van der Waals surface area contributed by atoms with E-state index in [9.17, 15) is 4.79 Å². The van der Waals surface area contributed by atoms with Gasteiger partial charge in [0.25, 0.3) is 0 Å². The Hall–Kier alpha value is -0.940. The van der Waals surface area contributed by atoms with Gasteiger partial charge in [-0.3, -0.25) is 4.79 Å². The molecule has 0 atom stereocenters. The molecule has 0 fully saturated rings. The number of halogens is 2. The Balaban J connectivity index is 0. The fraction of sp³-hybridized carbons (Fsp3) is 0.200. The highest BCUT2D eigenvalue weighted by Crippen LogP contribution is 2.05. The Morgan fingerprint density at radius 1 is 1.33 bits per heavy atom. The molecule has 5 nitrogen and oxygen atoms in total. The van der Waals surface area contributed by atoms with Gasteiger partial charge in [-0.1, -0.05) is 23.2 Å². The zero-order valence-corrected chi connectivity index (χ0v) is 7.46. The Kier molecular flexibility index (Phi) is 9.27. The summed E-state index contributed by atoms with van der Waals surface area (Å²) in [6, 6.07) is 0. The number of carboxylic acid groups (broad SMARTS) is 2. The maximum absolute atomic E-state index is 9.96. The summed E-state index contributed by atoms with van der Waals surface area (Å²) in [5, 5.41) is 13.9. The van der Waals surface area contributed by atoms with E-state index in [1.54, 1.807) is 0 Å². The van der Waals surface area contributed by atoms with Crippen LogP contribution in [0.3, 0.4) is 0 Å². The molecule has 0 rings (SSSR count). The van der Waals surface area contributed by atoms with E-state index in [1.165, 1.54) is 6.92 Å². The first-order chi connectivity index (χ1) is 5.36. The second kappa shape index (κ2) is 8.16. The lowest BCUT2D eigenvalue weighted by molar-refractivity contribution is -0.135. The Morgan fingerprint density at radius 2 is 1.67 bits per heavy atom. The van der Waals surface area contributed by atoms with Crippen LogP contribution in [0.1, 0.15) is 6.92 Å². The van der Waals surface area contributed by atoms with Crippen molar-refractivity contribution in [1.29, 1.82) is 0 Å². The standard InChI is InChI=1S/C4H4Cl2O2.CH2O3/c1-3(7)8-2-4(5)6;2-1(3)4/h2H,1H3;(H2,2,3,4). The molecule has 0 radical (unpaired) electrons. The van der Waals surface area contributed by atoms with E-state index < -0.39 is 12.1 Å². The lowest BCUT2D eigenvalue weighted by Crippen LogP contribution is -1.88. The molecule has 0 aliphatic carbocycles. The van der Waals surface area contributed by atoms with Crippen LogP contribution in [-0.2, 0) is 9.53 Å². The van der Waals surface area contributed by atoms with Crippen molar-refractivity contribution < 1.29 is 24.5 Å². The first kappa shape index (κ1) is 13.6. The number of rotatable bonds is 1. The van der Waals surface area contributed by atoms with Gasteiger partial charge in [-0.25, -0.2) is 4.79 Å². The highest BCUT2D eigenvalue weighted by Gasteiger charge is 1.87. The average molecular weight is 217 g/mol. The second-order valence-corrected chi connectivity index (χ2v) is 2.31. The molecule has 0 aliphatic heterocycles. The lowest BCUT2D eigenvalue weighted by atomic mass is 10.8. The van der Waals surface area contributed by atoms with Gasteiger partial charge in [0.2, 0.25) is 0 Å². The lowest BCUT2D eigenvalue weighted by Gasteiger charge is -1.87. The molecule has 7 heteroatoms. The molecule has 0 saturated heterocycles. The maximum atomic E-state index is 9.96. The number of carbonyl (C=O) groups excluding carboxylic acids is 1. The van der Waals surface area contributed by atoms with E-state index in [0.717, 1.165) is 6.26 Å². The molecule has 0 aliphatic rings. The molecule has 0 unspecified atom stereocenters. The van der Waals surface area contributed by atoms with Gasteiger partial charge in [0.1, 0.15) is 10.8 Å². The van der Waals surface area contributed by atoms with Gasteiger partial charge in [-0.2, -0.15) is 0 Å². The number of carbonyl (C=O) groups is 2. The molecule has 12 heavy (non-hydrogen) atoms. The molecule has 2 N–H and O–H groups in total. The highest BCUT2D eigenvalue weighted by atomic mass is 35.5. The van der Waals surface area contributed by atoms with Gasteiger partial charge in [0.05, 0.1) is 0 Å². The minimum Gasteiger partial charge on any atom is -0.450 e. The summed E-state index contributed by atoms with van der Waals surface area (Å²) < 4.78 is 4.17. The van der Waals surface area contributed by atoms with Crippen molar-refractivity contribution in [2.24, 2.45) is 0 Å². The van der Waals surface area contributed by atoms with Crippen LogP contribution in [-0.4, -0.2) is 22.3 Å². The minimum atomic E-state index is -1.83. The third-order valence-corrected chi connectivity index (χ3v) is 0.492. The van der Waals surface area contributed by atoms with E-state index in [2.05, 4.69) is 4.74 Å². The van der Waals surface area contributed by atoms with Gasteiger partial charge >= 0.3 is 12.1 Å². The summed E-state index contributed by atoms with van der Waals surface area (Å²) in [7, 11) is 0. The minimum absolute atomic E-state index is 0.0693. The predicted molar refractivity (Wildman–Crippen MR) is 42.2 cm³/mol. The van der Waals surface area contributed by atoms with Gasteiger partial charge < -0.3 is 14.9 Å². The van der Waals surface area contributed by atoms with Crippen molar-refractivity contribution >= 4 is 35.3 Å². The molecule has 0 spiro atoms. The molecule has 0 amide bonds. The summed E-state index contributed by atoms with van der Waals surface area (Å²) in [6.07, 6.45) is -0.870. The summed E-state index contributed by atoms with van der Waals surface area (Å²) >= 11 is 10.1. The van der Waals surface area contributed by atoms with Crippen LogP contribution >= 0.6 is 23.2 Å². The van der Waals surface area contributed by atoms with Gasteiger partial charge in [-0.15, -0.1) is 0 Å². The largest absolute Gasteiger partial charge is 0.503 e. The third-order valence-electron chi connectivity index (χ3n) is 0.314. The summed E-state index contributed by atoms with van der Waals surface area (Å²) in [6.45, 7) is 1.26. The first-order valence-corrected chi connectivity index (χ1v) is 3.22. The van der Waals surface area contributed by atoms with E-state index >= 15 is 0 Å². The summed E-state index contributed by atoms with van der Waals surface area (Å²) in [4.78, 5) is 18.5. The predicted octanol–water partition coefficient (Wildman–Crippen LogP) is 2.05. The first-order valence-electron chi connectivity index (χ1n) is 2.46. The molecule has 70 valence electrons. The fourth-order valence-electron chi connectivity index (χ4n) is 0.128. The van der Waals surface area contributed by atoms with E-state index in [1.807, 2.05) is 0 Å².